The molecule has 2 fully saturated rings. The molecule has 1 saturated carbocycles. The van der Waals surface area contributed by atoms with E-state index in [-0.39, 0.29) is 17.9 Å². The van der Waals surface area contributed by atoms with Crippen molar-refractivity contribution in [3.8, 4) is 0 Å². The third-order valence-electron chi connectivity index (χ3n) is 5.01. The molecular formula is C21H29BrN2O3. The third kappa shape index (κ3) is 5.71. The average molecular weight is 437 g/mol. The molecule has 0 N–H and O–H groups in total. The van der Waals surface area contributed by atoms with Gasteiger partial charge in [0.1, 0.15) is 5.60 Å². The Kier molecular flexibility index (Phi) is 6.14. The minimum absolute atomic E-state index is 0.00330. The van der Waals surface area contributed by atoms with E-state index in [4.69, 9.17) is 4.74 Å². The molecule has 148 valence electrons. The Morgan fingerprint density at radius 1 is 1.19 bits per heavy atom. The summed E-state index contributed by atoms with van der Waals surface area (Å²) in [7, 11) is 0. The Morgan fingerprint density at radius 3 is 2.41 bits per heavy atom. The Morgan fingerprint density at radius 2 is 1.85 bits per heavy atom. The van der Waals surface area contributed by atoms with Gasteiger partial charge in [-0.25, -0.2) is 4.79 Å². The molecule has 0 bridgehead atoms. The van der Waals surface area contributed by atoms with Crippen molar-refractivity contribution in [3.05, 3.63) is 34.3 Å². The molecule has 6 heteroatoms. The number of carbonyl (C=O) groups is 2. The Hall–Kier alpha value is -1.56. The number of hydrogen-bond acceptors (Lipinski definition) is 3. The maximum atomic E-state index is 13.2. The van der Waals surface area contributed by atoms with Gasteiger partial charge in [0.25, 0.3) is 0 Å². The van der Waals surface area contributed by atoms with Crippen LogP contribution in [0.2, 0.25) is 0 Å². The number of benzene rings is 1. The second-order valence-electron chi connectivity index (χ2n) is 8.57. The van der Waals surface area contributed by atoms with E-state index in [1.807, 2.05) is 32.9 Å². The maximum absolute atomic E-state index is 13.2. The van der Waals surface area contributed by atoms with Crippen LogP contribution in [0.1, 0.15) is 52.0 Å². The van der Waals surface area contributed by atoms with Crippen LogP contribution in [0.3, 0.4) is 0 Å². The molecule has 0 aromatic heterocycles. The topological polar surface area (TPSA) is 49.9 Å². The molecule has 0 atom stereocenters. The fourth-order valence-corrected chi connectivity index (χ4v) is 3.92. The standard InChI is InChI=1S/C21H29BrN2O3/c1-21(2,3)27-20(26)23-11-9-16(10-12-23)19(25)24(18-7-8-18)14-15-5-4-6-17(22)13-15/h4-6,13,16,18H,7-12,14H2,1-3H3. The molecule has 5 nitrogen and oxygen atoms in total. The van der Waals surface area contributed by atoms with E-state index in [2.05, 4.69) is 33.0 Å². The summed E-state index contributed by atoms with van der Waals surface area (Å²) in [6.07, 6.45) is 3.33. The highest BCUT2D eigenvalue weighted by molar-refractivity contribution is 9.10. The smallest absolute Gasteiger partial charge is 0.410 e. The van der Waals surface area contributed by atoms with Crippen molar-refractivity contribution in [1.82, 2.24) is 9.80 Å². The summed E-state index contributed by atoms with van der Waals surface area (Å²) in [5.74, 6) is 0.234. The number of nitrogens with zero attached hydrogens (tertiary/aromatic N) is 2. The summed E-state index contributed by atoms with van der Waals surface area (Å²) in [5, 5.41) is 0. The SMILES string of the molecule is CC(C)(C)OC(=O)N1CCC(C(=O)N(Cc2cccc(Br)c2)C2CC2)CC1. The second-order valence-corrected chi connectivity index (χ2v) is 9.48. The van der Waals surface area contributed by atoms with Crippen molar-refractivity contribution in [2.45, 2.75) is 64.6 Å². The quantitative estimate of drug-likeness (QED) is 0.693. The van der Waals surface area contributed by atoms with Crippen LogP contribution in [-0.2, 0) is 16.1 Å². The highest BCUT2D eigenvalue weighted by atomic mass is 79.9. The van der Waals surface area contributed by atoms with Gasteiger partial charge in [0, 0.05) is 36.1 Å². The lowest BCUT2D eigenvalue weighted by molar-refractivity contribution is -0.138. The minimum atomic E-state index is -0.490. The van der Waals surface area contributed by atoms with Crippen LogP contribution in [0.15, 0.2) is 28.7 Å². The first kappa shape index (κ1) is 20.2. The first-order valence-corrected chi connectivity index (χ1v) is 10.5. The molecule has 0 radical (unpaired) electrons. The van der Waals surface area contributed by atoms with Gasteiger partial charge in [-0.1, -0.05) is 28.1 Å². The highest BCUT2D eigenvalue weighted by Crippen LogP contribution is 2.32. The van der Waals surface area contributed by atoms with Crippen molar-refractivity contribution in [2.75, 3.05) is 13.1 Å². The molecule has 2 amide bonds. The van der Waals surface area contributed by atoms with Crippen LogP contribution in [0, 0.1) is 5.92 Å². The Bertz CT molecular complexity index is 689. The number of ether oxygens (including phenoxy) is 1. The lowest BCUT2D eigenvalue weighted by Gasteiger charge is -2.35. The van der Waals surface area contributed by atoms with Crippen molar-refractivity contribution in [2.24, 2.45) is 5.92 Å². The summed E-state index contributed by atoms with van der Waals surface area (Å²) in [6, 6.07) is 8.53. The highest BCUT2D eigenvalue weighted by Gasteiger charge is 2.38. The van der Waals surface area contributed by atoms with Gasteiger partial charge in [0.2, 0.25) is 5.91 Å². The lowest BCUT2D eigenvalue weighted by Crippen LogP contribution is -2.46. The van der Waals surface area contributed by atoms with E-state index in [0.29, 0.717) is 38.5 Å². The largest absolute Gasteiger partial charge is 0.444 e. The van der Waals surface area contributed by atoms with Gasteiger partial charge in [-0.2, -0.15) is 0 Å². The normalized spacial score (nSPS) is 18.3. The molecular weight excluding hydrogens is 408 g/mol. The van der Waals surface area contributed by atoms with Crippen LogP contribution in [0.5, 0.6) is 0 Å². The van der Waals surface area contributed by atoms with Crippen molar-refractivity contribution < 1.29 is 14.3 Å². The van der Waals surface area contributed by atoms with Gasteiger partial charge in [-0.3, -0.25) is 4.79 Å². The summed E-state index contributed by atoms with van der Waals surface area (Å²) in [4.78, 5) is 29.2. The summed E-state index contributed by atoms with van der Waals surface area (Å²) in [6.45, 7) is 7.44. The summed E-state index contributed by atoms with van der Waals surface area (Å²) in [5.41, 5.74) is 0.659. The van der Waals surface area contributed by atoms with Gasteiger partial charge < -0.3 is 14.5 Å². The number of hydrogen-bond donors (Lipinski definition) is 0. The molecule has 1 aromatic carbocycles. The lowest BCUT2D eigenvalue weighted by atomic mass is 9.95. The van der Waals surface area contributed by atoms with E-state index in [1.54, 1.807) is 4.90 Å². The fraction of sp³-hybridized carbons (Fsp3) is 0.619. The second kappa shape index (κ2) is 8.21. The molecule has 2 aliphatic rings. The molecule has 1 aliphatic carbocycles. The fourth-order valence-electron chi connectivity index (χ4n) is 3.48. The van der Waals surface area contributed by atoms with E-state index >= 15 is 0 Å². The number of amides is 2. The number of piperidine rings is 1. The van der Waals surface area contributed by atoms with Crippen LogP contribution < -0.4 is 0 Å². The third-order valence-corrected chi connectivity index (χ3v) is 5.50. The van der Waals surface area contributed by atoms with Gasteiger partial charge in [0.15, 0.2) is 0 Å². The molecule has 1 saturated heterocycles. The minimum Gasteiger partial charge on any atom is -0.444 e. The monoisotopic (exact) mass is 436 g/mol. The van der Waals surface area contributed by atoms with Crippen molar-refractivity contribution in [1.29, 1.82) is 0 Å². The van der Waals surface area contributed by atoms with Crippen LogP contribution in [0.25, 0.3) is 0 Å². The first-order chi connectivity index (χ1) is 12.7. The average Bonchev–Trinajstić information content (AvgIpc) is 3.43. The van der Waals surface area contributed by atoms with Gasteiger partial charge in [-0.05, 0) is 64.2 Å². The molecule has 1 heterocycles. The predicted molar refractivity (Wildman–Crippen MR) is 108 cm³/mol. The van der Waals surface area contributed by atoms with E-state index in [1.165, 1.54) is 0 Å². The summed E-state index contributed by atoms with van der Waals surface area (Å²) >= 11 is 3.51. The molecule has 3 rings (SSSR count). The van der Waals surface area contributed by atoms with Crippen molar-refractivity contribution >= 4 is 27.9 Å². The van der Waals surface area contributed by atoms with Crippen LogP contribution in [-0.4, -0.2) is 46.5 Å². The summed E-state index contributed by atoms with van der Waals surface area (Å²) < 4.78 is 6.48. The molecule has 1 aromatic rings. The number of halogens is 1. The molecule has 1 aliphatic heterocycles. The van der Waals surface area contributed by atoms with Crippen LogP contribution >= 0.6 is 15.9 Å². The number of rotatable bonds is 4. The Balaban J connectivity index is 1.57. The van der Waals surface area contributed by atoms with E-state index in [0.717, 1.165) is 22.9 Å². The molecule has 27 heavy (non-hydrogen) atoms. The van der Waals surface area contributed by atoms with Gasteiger partial charge >= 0.3 is 6.09 Å². The van der Waals surface area contributed by atoms with E-state index < -0.39 is 5.60 Å². The molecule has 0 spiro atoms. The van der Waals surface area contributed by atoms with E-state index in [9.17, 15) is 9.59 Å². The molecule has 0 unspecified atom stereocenters. The first-order valence-electron chi connectivity index (χ1n) is 9.76. The predicted octanol–water partition coefficient (Wildman–Crippen LogP) is 4.59. The van der Waals surface area contributed by atoms with Crippen LogP contribution in [0.4, 0.5) is 4.79 Å². The van der Waals surface area contributed by atoms with Gasteiger partial charge in [-0.15, -0.1) is 0 Å². The number of carbonyl (C=O) groups excluding carboxylic acids is 2. The zero-order valence-corrected chi connectivity index (χ0v) is 18.0. The maximum Gasteiger partial charge on any atom is 0.410 e. The number of likely N-dealkylation sites (tertiary alicyclic amines) is 1. The Labute approximate surface area is 170 Å². The van der Waals surface area contributed by atoms with Gasteiger partial charge in [0.05, 0.1) is 0 Å². The zero-order valence-electron chi connectivity index (χ0n) is 16.4. The zero-order chi connectivity index (χ0) is 19.6. The van der Waals surface area contributed by atoms with Crippen molar-refractivity contribution in [3.63, 3.8) is 0 Å².